The minimum atomic E-state index is -0.312. The van der Waals surface area contributed by atoms with E-state index in [1.54, 1.807) is 6.07 Å². The van der Waals surface area contributed by atoms with E-state index in [9.17, 15) is 4.79 Å². The molecule has 3 atom stereocenters. The zero-order valence-electron chi connectivity index (χ0n) is 13.6. The molecule has 21 heavy (non-hydrogen) atoms. The highest BCUT2D eigenvalue weighted by molar-refractivity contribution is 5.87. The maximum atomic E-state index is 11.4. The lowest BCUT2D eigenvalue weighted by Crippen LogP contribution is -2.42. The number of carbonyl (C=O) groups is 1. The van der Waals surface area contributed by atoms with Crippen LogP contribution in [-0.2, 0) is 11.3 Å². The van der Waals surface area contributed by atoms with Crippen LogP contribution in [0.1, 0.15) is 56.2 Å². The Labute approximate surface area is 127 Å². The number of H-pyrrole nitrogens is 1. The second kappa shape index (κ2) is 7.12. The van der Waals surface area contributed by atoms with Gasteiger partial charge in [-0.15, -0.1) is 0 Å². The second-order valence-electron chi connectivity index (χ2n) is 6.70. The van der Waals surface area contributed by atoms with Gasteiger partial charge in [0.25, 0.3) is 0 Å². The van der Waals surface area contributed by atoms with E-state index >= 15 is 0 Å². The summed E-state index contributed by atoms with van der Waals surface area (Å²) in [7, 11) is 1.40. The highest BCUT2D eigenvalue weighted by Crippen LogP contribution is 2.33. The monoisotopic (exact) mass is 292 g/mol. The van der Waals surface area contributed by atoms with E-state index in [1.807, 2.05) is 6.07 Å². The number of ether oxygens (including phenoxy) is 1. The molecular weight excluding hydrogens is 264 g/mol. The molecule has 4 nitrogen and oxygen atoms in total. The molecule has 0 amide bonds. The van der Waals surface area contributed by atoms with Gasteiger partial charge in [-0.2, -0.15) is 0 Å². The highest BCUT2D eigenvalue weighted by atomic mass is 16.5. The fraction of sp³-hybridized carbons (Fsp3) is 0.706. The van der Waals surface area contributed by atoms with Crippen molar-refractivity contribution in [2.24, 2.45) is 17.8 Å². The number of methoxy groups -OCH3 is 1. The third-order valence-electron chi connectivity index (χ3n) is 4.73. The lowest BCUT2D eigenvalue weighted by molar-refractivity contribution is 0.0594. The van der Waals surface area contributed by atoms with Gasteiger partial charge in [0.05, 0.1) is 7.11 Å². The zero-order valence-corrected chi connectivity index (χ0v) is 13.6. The van der Waals surface area contributed by atoms with E-state index in [4.69, 9.17) is 4.74 Å². The van der Waals surface area contributed by atoms with Crippen LogP contribution in [0.5, 0.6) is 0 Å². The lowest BCUT2D eigenvalue weighted by Gasteiger charge is -2.38. The van der Waals surface area contributed by atoms with Crippen molar-refractivity contribution in [3.63, 3.8) is 0 Å². The summed E-state index contributed by atoms with van der Waals surface area (Å²) in [5.41, 5.74) is 1.56. The van der Waals surface area contributed by atoms with Gasteiger partial charge in [0, 0.05) is 18.3 Å². The first-order valence-corrected chi connectivity index (χ1v) is 8.00. The fourth-order valence-electron chi connectivity index (χ4n) is 3.45. The molecule has 2 rings (SSSR count). The Kier molecular flexibility index (Phi) is 5.45. The third kappa shape index (κ3) is 4.10. The van der Waals surface area contributed by atoms with Gasteiger partial charge in [0.1, 0.15) is 5.69 Å². The predicted octanol–water partition coefficient (Wildman–Crippen LogP) is 3.35. The average Bonchev–Trinajstić information content (AvgIpc) is 2.93. The number of hydrogen-bond acceptors (Lipinski definition) is 3. The Morgan fingerprint density at radius 3 is 2.86 bits per heavy atom. The van der Waals surface area contributed by atoms with Crippen LogP contribution in [0, 0.1) is 17.8 Å². The third-order valence-corrected chi connectivity index (χ3v) is 4.73. The van der Waals surface area contributed by atoms with Crippen LogP contribution in [0.15, 0.2) is 12.1 Å². The van der Waals surface area contributed by atoms with Crippen molar-refractivity contribution in [3.05, 3.63) is 23.5 Å². The van der Waals surface area contributed by atoms with E-state index in [0.29, 0.717) is 17.7 Å². The van der Waals surface area contributed by atoms with Gasteiger partial charge < -0.3 is 15.0 Å². The van der Waals surface area contributed by atoms with Crippen LogP contribution >= 0.6 is 0 Å². The molecule has 0 aromatic carbocycles. The Balaban J connectivity index is 1.93. The molecule has 0 radical (unpaired) electrons. The SMILES string of the molecule is COC(=O)c1ccc(CNC2CC(C)CCC2C(C)C)[nH]1. The summed E-state index contributed by atoms with van der Waals surface area (Å²) in [5, 5.41) is 3.69. The summed E-state index contributed by atoms with van der Waals surface area (Å²) in [5.74, 6) is 1.94. The van der Waals surface area contributed by atoms with Crippen LogP contribution in [0.2, 0.25) is 0 Å². The Morgan fingerprint density at radius 2 is 2.19 bits per heavy atom. The smallest absolute Gasteiger partial charge is 0.354 e. The van der Waals surface area contributed by atoms with Gasteiger partial charge in [-0.25, -0.2) is 4.79 Å². The molecule has 1 fully saturated rings. The molecular formula is C17H28N2O2. The van der Waals surface area contributed by atoms with Crippen molar-refractivity contribution in [1.82, 2.24) is 10.3 Å². The molecule has 1 heterocycles. The number of rotatable bonds is 5. The Bertz CT molecular complexity index is 467. The molecule has 0 bridgehead atoms. The molecule has 0 aliphatic heterocycles. The summed E-state index contributed by atoms with van der Waals surface area (Å²) in [6, 6.07) is 4.31. The quantitative estimate of drug-likeness (QED) is 0.818. The summed E-state index contributed by atoms with van der Waals surface area (Å²) >= 11 is 0. The molecule has 0 spiro atoms. The molecule has 1 aromatic rings. The van der Waals surface area contributed by atoms with Crippen molar-refractivity contribution >= 4 is 5.97 Å². The van der Waals surface area contributed by atoms with E-state index in [-0.39, 0.29) is 5.97 Å². The van der Waals surface area contributed by atoms with Gasteiger partial charge in [-0.05, 0) is 42.7 Å². The summed E-state index contributed by atoms with van der Waals surface area (Å²) in [4.78, 5) is 14.6. The van der Waals surface area contributed by atoms with Crippen LogP contribution in [-0.4, -0.2) is 24.1 Å². The summed E-state index contributed by atoms with van der Waals surface area (Å²) in [6.07, 6.45) is 3.90. The van der Waals surface area contributed by atoms with Crippen LogP contribution in [0.4, 0.5) is 0 Å². The Morgan fingerprint density at radius 1 is 1.43 bits per heavy atom. The van der Waals surface area contributed by atoms with Crippen molar-refractivity contribution in [2.45, 2.75) is 52.6 Å². The first kappa shape index (κ1) is 16.1. The highest BCUT2D eigenvalue weighted by Gasteiger charge is 2.30. The van der Waals surface area contributed by atoms with Gasteiger partial charge in [-0.3, -0.25) is 0 Å². The normalized spacial score (nSPS) is 26.0. The van der Waals surface area contributed by atoms with E-state index < -0.39 is 0 Å². The standard InChI is InChI=1S/C17H28N2O2/c1-11(2)14-7-5-12(3)9-16(14)18-10-13-6-8-15(19-13)17(20)21-4/h6,8,11-12,14,16,18-19H,5,7,9-10H2,1-4H3. The van der Waals surface area contributed by atoms with Crippen LogP contribution < -0.4 is 5.32 Å². The second-order valence-corrected chi connectivity index (χ2v) is 6.70. The minimum absolute atomic E-state index is 0.312. The molecule has 1 aromatic heterocycles. The zero-order chi connectivity index (χ0) is 15.4. The predicted molar refractivity (Wildman–Crippen MR) is 84.1 cm³/mol. The van der Waals surface area contributed by atoms with E-state index in [0.717, 1.165) is 24.1 Å². The molecule has 3 unspecified atom stereocenters. The first-order valence-electron chi connectivity index (χ1n) is 8.00. The topological polar surface area (TPSA) is 54.1 Å². The van der Waals surface area contributed by atoms with E-state index in [2.05, 4.69) is 31.1 Å². The number of esters is 1. The van der Waals surface area contributed by atoms with Gasteiger partial charge in [0.2, 0.25) is 0 Å². The van der Waals surface area contributed by atoms with E-state index in [1.165, 1.54) is 26.4 Å². The fourth-order valence-corrected chi connectivity index (χ4v) is 3.45. The van der Waals surface area contributed by atoms with Gasteiger partial charge in [0.15, 0.2) is 0 Å². The number of aromatic amines is 1. The lowest BCUT2D eigenvalue weighted by atomic mass is 9.74. The van der Waals surface area contributed by atoms with Crippen molar-refractivity contribution in [2.75, 3.05) is 7.11 Å². The molecule has 4 heteroatoms. The molecule has 1 saturated carbocycles. The summed E-state index contributed by atoms with van der Waals surface area (Å²) in [6.45, 7) is 7.76. The molecule has 1 aliphatic rings. The number of carbonyl (C=O) groups excluding carboxylic acids is 1. The number of aromatic nitrogens is 1. The molecule has 1 aliphatic carbocycles. The number of nitrogens with one attached hydrogen (secondary N) is 2. The van der Waals surface area contributed by atoms with Crippen molar-refractivity contribution in [3.8, 4) is 0 Å². The van der Waals surface area contributed by atoms with Gasteiger partial charge in [-0.1, -0.05) is 27.2 Å². The largest absolute Gasteiger partial charge is 0.464 e. The van der Waals surface area contributed by atoms with Crippen LogP contribution in [0.25, 0.3) is 0 Å². The molecule has 2 N–H and O–H groups in total. The van der Waals surface area contributed by atoms with Crippen LogP contribution in [0.3, 0.4) is 0 Å². The Hall–Kier alpha value is -1.29. The van der Waals surface area contributed by atoms with Crippen molar-refractivity contribution in [1.29, 1.82) is 0 Å². The summed E-state index contributed by atoms with van der Waals surface area (Å²) < 4.78 is 4.72. The molecule has 0 saturated heterocycles. The van der Waals surface area contributed by atoms with Gasteiger partial charge >= 0.3 is 5.97 Å². The molecule has 118 valence electrons. The maximum Gasteiger partial charge on any atom is 0.354 e. The average molecular weight is 292 g/mol. The number of hydrogen-bond donors (Lipinski definition) is 2. The maximum absolute atomic E-state index is 11.4. The minimum Gasteiger partial charge on any atom is -0.464 e. The van der Waals surface area contributed by atoms with Crippen molar-refractivity contribution < 1.29 is 9.53 Å². The first-order chi connectivity index (χ1) is 10.0.